The van der Waals surface area contributed by atoms with E-state index in [0.717, 1.165) is 18.9 Å². The third-order valence-electron chi connectivity index (χ3n) is 3.15. The maximum absolute atomic E-state index is 4.84. The van der Waals surface area contributed by atoms with Crippen molar-refractivity contribution in [3.8, 4) is 0 Å². The number of hydrogen-bond donors (Lipinski definition) is 1. The van der Waals surface area contributed by atoms with Crippen LogP contribution >= 0.6 is 11.3 Å². The number of nitrogens with zero attached hydrogens (tertiary/aromatic N) is 2. The summed E-state index contributed by atoms with van der Waals surface area (Å²) in [6.45, 7) is 0.941. The summed E-state index contributed by atoms with van der Waals surface area (Å²) in [6, 6.07) is 4.10. The lowest BCUT2D eigenvalue weighted by molar-refractivity contribution is 0.812. The molecule has 1 fully saturated rings. The number of aromatic nitrogens is 2. The first-order valence-electron chi connectivity index (χ1n) is 6.39. The van der Waals surface area contributed by atoms with Gasteiger partial charge in [-0.3, -0.25) is 4.98 Å². The highest BCUT2D eigenvalue weighted by molar-refractivity contribution is 7.11. The second-order valence-electron chi connectivity index (χ2n) is 4.76. The fourth-order valence-electron chi connectivity index (χ4n) is 2.13. The van der Waals surface area contributed by atoms with Gasteiger partial charge in [0.15, 0.2) is 0 Å². The van der Waals surface area contributed by atoms with Crippen molar-refractivity contribution in [3.63, 3.8) is 0 Å². The van der Waals surface area contributed by atoms with Crippen LogP contribution < -0.4 is 5.32 Å². The van der Waals surface area contributed by atoms with Gasteiger partial charge in [0.05, 0.1) is 10.7 Å². The average molecular weight is 259 g/mol. The van der Waals surface area contributed by atoms with E-state index < -0.39 is 0 Å². The van der Waals surface area contributed by atoms with Crippen LogP contribution in [0.4, 0.5) is 0 Å². The third kappa shape index (κ3) is 2.60. The van der Waals surface area contributed by atoms with Crippen LogP contribution in [0.15, 0.2) is 24.5 Å². The molecule has 18 heavy (non-hydrogen) atoms. The second-order valence-corrected chi connectivity index (χ2v) is 5.93. The molecule has 1 aliphatic rings. The van der Waals surface area contributed by atoms with E-state index in [4.69, 9.17) is 4.98 Å². The molecule has 2 aromatic rings. The highest BCUT2D eigenvalue weighted by Crippen LogP contribution is 2.42. The first-order valence-corrected chi connectivity index (χ1v) is 7.20. The minimum absolute atomic E-state index is 0.729. The summed E-state index contributed by atoms with van der Waals surface area (Å²) in [4.78, 5) is 10.4. The van der Waals surface area contributed by atoms with Crippen molar-refractivity contribution in [2.75, 3.05) is 7.05 Å². The lowest BCUT2D eigenvalue weighted by Crippen LogP contribution is -2.05. The van der Waals surface area contributed by atoms with E-state index in [-0.39, 0.29) is 0 Å². The standard InChI is InChI=1S/C14H17N3S/c1-15-9-12-14(11-4-5-11)17-13(18-12)7-10-3-2-6-16-8-10/h2-3,6,8,11,15H,4-5,7,9H2,1H3. The van der Waals surface area contributed by atoms with E-state index in [9.17, 15) is 0 Å². The fourth-order valence-corrected chi connectivity index (χ4v) is 3.33. The van der Waals surface area contributed by atoms with Crippen LogP contribution in [0.2, 0.25) is 0 Å². The molecule has 0 saturated heterocycles. The van der Waals surface area contributed by atoms with Gasteiger partial charge >= 0.3 is 0 Å². The molecule has 0 aliphatic heterocycles. The Labute approximate surface area is 111 Å². The molecule has 2 heterocycles. The quantitative estimate of drug-likeness (QED) is 0.897. The fraction of sp³-hybridized carbons (Fsp3) is 0.429. The molecule has 0 aromatic carbocycles. The van der Waals surface area contributed by atoms with Gasteiger partial charge in [0.1, 0.15) is 0 Å². The van der Waals surface area contributed by atoms with Crippen LogP contribution in [0.5, 0.6) is 0 Å². The average Bonchev–Trinajstić information content (AvgIpc) is 3.15. The highest BCUT2D eigenvalue weighted by Gasteiger charge is 2.29. The molecular weight excluding hydrogens is 242 g/mol. The molecule has 0 atom stereocenters. The Morgan fingerprint density at radius 2 is 2.33 bits per heavy atom. The van der Waals surface area contributed by atoms with Gasteiger partial charge in [-0.25, -0.2) is 4.98 Å². The Morgan fingerprint density at radius 3 is 3.00 bits per heavy atom. The maximum Gasteiger partial charge on any atom is 0.0976 e. The van der Waals surface area contributed by atoms with E-state index in [0.29, 0.717) is 0 Å². The molecular formula is C14H17N3S. The summed E-state index contributed by atoms with van der Waals surface area (Å²) >= 11 is 1.85. The van der Waals surface area contributed by atoms with Crippen molar-refractivity contribution in [1.29, 1.82) is 0 Å². The zero-order valence-corrected chi connectivity index (χ0v) is 11.3. The zero-order chi connectivity index (χ0) is 12.4. The Morgan fingerprint density at radius 1 is 1.44 bits per heavy atom. The third-order valence-corrected chi connectivity index (χ3v) is 4.22. The van der Waals surface area contributed by atoms with E-state index in [1.165, 1.54) is 34.0 Å². The monoisotopic (exact) mass is 259 g/mol. The highest BCUT2D eigenvalue weighted by atomic mass is 32.1. The van der Waals surface area contributed by atoms with Gasteiger partial charge in [0.25, 0.3) is 0 Å². The topological polar surface area (TPSA) is 37.8 Å². The van der Waals surface area contributed by atoms with E-state index in [1.807, 2.05) is 36.8 Å². The molecule has 0 amide bonds. The molecule has 0 spiro atoms. The van der Waals surface area contributed by atoms with Gasteiger partial charge in [-0.2, -0.15) is 0 Å². The summed E-state index contributed by atoms with van der Waals surface area (Å²) < 4.78 is 0. The lowest BCUT2D eigenvalue weighted by Gasteiger charge is -1.97. The van der Waals surface area contributed by atoms with E-state index >= 15 is 0 Å². The van der Waals surface area contributed by atoms with Crippen LogP contribution in [0.1, 0.15) is 39.9 Å². The van der Waals surface area contributed by atoms with Crippen molar-refractivity contribution >= 4 is 11.3 Å². The molecule has 0 bridgehead atoms. The van der Waals surface area contributed by atoms with Crippen LogP contribution in [0.25, 0.3) is 0 Å². The molecule has 1 saturated carbocycles. The summed E-state index contributed by atoms with van der Waals surface area (Å²) in [5.41, 5.74) is 2.58. The van der Waals surface area contributed by atoms with Crippen molar-refractivity contribution in [3.05, 3.63) is 45.7 Å². The van der Waals surface area contributed by atoms with Crippen LogP contribution in [-0.2, 0) is 13.0 Å². The Balaban J connectivity index is 1.82. The van der Waals surface area contributed by atoms with Gasteiger partial charge in [-0.05, 0) is 31.5 Å². The van der Waals surface area contributed by atoms with Crippen LogP contribution in [0, 0.1) is 0 Å². The van der Waals surface area contributed by atoms with E-state index in [1.54, 1.807) is 0 Å². The normalized spacial score (nSPS) is 14.9. The predicted octanol–water partition coefficient (Wildman–Crippen LogP) is 2.73. The van der Waals surface area contributed by atoms with Gasteiger partial charge in [-0.1, -0.05) is 6.07 Å². The van der Waals surface area contributed by atoms with Crippen molar-refractivity contribution in [2.24, 2.45) is 0 Å². The van der Waals surface area contributed by atoms with Crippen LogP contribution in [0.3, 0.4) is 0 Å². The number of nitrogens with one attached hydrogen (secondary N) is 1. The zero-order valence-electron chi connectivity index (χ0n) is 10.5. The van der Waals surface area contributed by atoms with Gasteiger partial charge in [0, 0.05) is 36.2 Å². The van der Waals surface area contributed by atoms with Gasteiger partial charge < -0.3 is 5.32 Å². The molecule has 94 valence electrons. The molecule has 2 aromatic heterocycles. The molecule has 4 heteroatoms. The SMILES string of the molecule is CNCc1sc(Cc2cccnc2)nc1C1CC1. The Kier molecular flexibility index (Phi) is 3.39. The minimum atomic E-state index is 0.729. The second kappa shape index (κ2) is 5.16. The number of thiazole rings is 1. The largest absolute Gasteiger partial charge is 0.315 e. The van der Waals surface area contributed by atoms with Crippen LogP contribution in [-0.4, -0.2) is 17.0 Å². The maximum atomic E-state index is 4.84. The molecule has 0 unspecified atom stereocenters. The van der Waals surface area contributed by atoms with Gasteiger partial charge in [-0.15, -0.1) is 11.3 Å². The van der Waals surface area contributed by atoms with Crippen molar-refractivity contribution in [2.45, 2.75) is 31.7 Å². The number of hydrogen-bond acceptors (Lipinski definition) is 4. The lowest BCUT2D eigenvalue weighted by atomic mass is 10.2. The minimum Gasteiger partial charge on any atom is -0.315 e. The van der Waals surface area contributed by atoms with Crippen molar-refractivity contribution < 1.29 is 0 Å². The summed E-state index contributed by atoms with van der Waals surface area (Å²) in [7, 11) is 2.00. The molecule has 1 aliphatic carbocycles. The first-order chi connectivity index (χ1) is 8.86. The molecule has 0 radical (unpaired) electrons. The summed E-state index contributed by atoms with van der Waals surface area (Å²) in [5, 5.41) is 4.46. The van der Waals surface area contributed by atoms with Gasteiger partial charge in [0.2, 0.25) is 0 Å². The predicted molar refractivity (Wildman–Crippen MR) is 73.9 cm³/mol. The Bertz CT molecular complexity index is 517. The molecule has 3 nitrogen and oxygen atoms in total. The smallest absolute Gasteiger partial charge is 0.0976 e. The Hall–Kier alpha value is -1.26. The van der Waals surface area contributed by atoms with E-state index in [2.05, 4.69) is 16.4 Å². The van der Waals surface area contributed by atoms with Crippen molar-refractivity contribution in [1.82, 2.24) is 15.3 Å². The number of pyridine rings is 1. The summed E-state index contributed by atoms with van der Waals surface area (Å²) in [6.07, 6.45) is 7.27. The molecule has 3 rings (SSSR count). The molecule has 1 N–H and O–H groups in total. The first kappa shape index (κ1) is 11.8. The number of rotatable bonds is 5. The summed E-state index contributed by atoms with van der Waals surface area (Å²) in [5.74, 6) is 0.729.